The molecule has 33 heavy (non-hydrogen) atoms. The smallest absolute Gasteiger partial charge is 0.288 e. The molecule has 11 heteroatoms. The van der Waals surface area contributed by atoms with Gasteiger partial charge in [0.05, 0.1) is 29.0 Å². The summed E-state index contributed by atoms with van der Waals surface area (Å²) in [5, 5.41) is 51.0. The first-order valence-electron chi connectivity index (χ1n) is 9.53. The van der Waals surface area contributed by atoms with Gasteiger partial charge in [-0.3, -0.25) is 15.5 Å². The molecule has 164 valence electrons. The molecule has 4 unspecified atom stereocenters. The van der Waals surface area contributed by atoms with Gasteiger partial charge in [0, 0.05) is 16.7 Å². The number of halogens is 2. The minimum atomic E-state index is -2.26. The molecule has 9 nitrogen and oxygen atoms in total. The van der Waals surface area contributed by atoms with Crippen molar-refractivity contribution in [3.63, 3.8) is 0 Å². The quantitative estimate of drug-likeness (QED) is 0.476. The molecule has 4 atom stereocenters. The van der Waals surface area contributed by atoms with Crippen LogP contribution in [-0.4, -0.2) is 10.8 Å². The van der Waals surface area contributed by atoms with E-state index in [-0.39, 0.29) is 10.6 Å². The number of benzene rings is 2. The molecule has 0 spiro atoms. The monoisotopic (exact) mass is 481 g/mol. The molecule has 2 fully saturated rings. The van der Waals surface area contributed by atoms with Gasteiger partial charge in [0.15, 0.2) is 5.41 Å². The highest BCUT2D eigenvalue weighted by molar-refractivity contribution is 6.32. The summed E-state index contributed by atoms with van der Waals surface area (Å²) < 4.78 is 12.1. The Bertz CT molecular complexity index is 1310. The minimum Gasteiger partial charge on any atom is -0.443 e. The number of hydrogen-bond acceptors (Lipinski definition) is 8. The molecule has 0 radical (unpaired) electrons. The van der Waals surface area contributed by atoms with E-state index in [0.29, 0.717) is 10.6 Å². The number of nitro groups is 1. The van der Waals surface area contributed by atoms with Crippen LogP contribution < -0.4 is 0 Å². The Morgan fingerprint density at radius 1 is 1.09 bits per heavy atom. The van der Waals surface area contributed by atoms with Gasteiger partial charge in [-0.25, -0.2) is 0 Å². The van der Waals surface area contributed by atoms with Crippen LogP contribution in [0.15, 0.2) is 42.5 Å². The lowest BCUT2D eigenvalue weighted by Gasteiger charge is -2.48. The molecule has 1 N–H and O–H groups in total. The molecule has 0 saturated carbocycles. The van der Waals surface area contributed by atoms with Crippen molar-refractivity contribution in [2.75, 3.05) is 0 Å². The summed E-state index contributed by atoms with van der Waals surface area (Å²) in [4.78, 5) is 10.8. The Morgan fingerprint density at radius 2 is 1.73 bits per heavy atom. The van der Waals surface area contributed by atoms with E-state index in [1.165, 1.54) is 12.1 Å². The summed E-state index contributed by atoms with van der Waals surface area (Å²) in [5.74, 6) is -3.30. The zero-order valence-corrected chi connectivity index (χ0v) is 18.4. The Labute approximate surface area is 197 Å². The van der Waals surface area contributed by atoms with Gasteiger partial charge in [-0.15, -0.1) is 0 Å². The van der Waals surface area contributed by atoms with Crippen LogP contribution in [-0.2, 0) is 15.3 Å². The van der Waals surface area contributed by atoms with E-state index in [9.17, 15) is 25.9 Å². The van der Waals surface area contributed by atoms with Crippen LogP contribution >= 0.6 is 23.2 Å². The first-order valence-corrected chi connectivity index (χ1v) is 10.3. The second-order valence-corrected chi connectivity index (χ2v) is 8.59. The molecule has 2 aliphatic heterocycles. The average molecular weight is 482 g/mol. The Kier molecular flexibility index (Phi) is 5.07. The van der Waals surface area contributed by atoms with Gasteiger partial charge in [0.1, 0.15) is 11.1 Å². The van der Waals surface area contributed by atoms with Crippen molar-refractivity contribution in [1.29, 1.82) is 21.2 Å². The molecular formula is C22H13Cl2N5O4. The number of hydrogen-bond donors (Lipinski definition) is 1. The lowest BCUT2D eigenvalue weighted by atomic mass is 9.53. The third-order valence-electron chi connectivity index (χ3n) is 6.38. The normalized spacial score (nSPS) is 29.3. The third-order valence-corrected chi connectivity index (χ3v) is 6.96. The van der Waals surface area contributed by atoms with Crippen LogP contribution in [0.1, 0.15) is 24.2 Å². The van der Waals surface area contributed by atoms with Crippen molar-refractivity contribution in [1.82, 2.24) is 0 Å². The number of nitrogens with zero attached hydrogens (tertiary/aromatic N) is 4. The first kappa shape index (κ1) is 22.5. The fourth-order valence-electron chi connectivity index (χ4n) is 4.68. The maximum absolute atomic E-state index is 11.5. The van der Waals surface area contributed by atoms with Gasteiger partial charge in [-0.1, -0.05) is 48.3 Å². The summed E-state index contributed by atoms with van der Waals surface area (Å²) in [6, 6.07) is 15.8. The number of rotatable bonds is 3. The summed E-state index contributed by atoms with van der Waals surface area (Å²) in [6.45, 7) is 1.56. The molecular weight excluding hydrogens is 469 g/mol. The standard InChI is InChI=1S/C22H13Cl2N5O4/c1-12-21(11-27)19(28)33-22(12,14-3-5-15(23)6-4-14)32-18(20(21,9-25)10-26)13-2-7-16(24)17(8-13)29(30)31/h2-8,12,18,28H,1H3. The highest BCUT2D eigenvalue weighted by Gasteiger charge is 2.79. The van der Waals surface area contributed by atoms with Gasteiger partial charge in [-0.2, -0.15) is 15.8 Å². The zero-order valence-electron chi connectivity index (χ0n) is 16.9. The molecule has 2 heterocycles. The van der Waals surface area contributed by atoms with Gasteiger partial charge in [-0.05, 0) is 23.8 Å². The average Bonchev–Trinajstić information content (AvgIpc) is 2.96. The number of nitro benzene ring substituents is 1. The summed E-state index contributed by atoms with van der Waals surface area (Å²) >= 11 is 11.9. The number of fused-ring (bicyclic) bond motifs is 2. The predicted molar refractivity (Wildman–Crippen MR) is 115 cm³/mol. The molecule has 0 aromatic heterocycles. The maximum Gasteiger partial charge on any atom is 0.288 e. The zero-order chi connectivity index (χ0) is 24.2. The lowest BCUT2D eigenvalue weighted by molar-refractivity contribution is -0.384. The van der Waals surface area contributed by atoms with Gasteiger partial charge < -0.3 is 9.47 Å². The fraction of sp³-hybridized carbons (Fsp3) is 0.273. The molecule has 2 bridgehead atoms. The van der Waals surface area contributed by atoms with Crippen LogP contribution in [0.4, 0.5) is 5.69 Å². The van der Waals surface area contributed by atoms with Crippen molar-refractivity contribution in [2.45, 2.75) is 18.8 Å². The van der Waals surface area contributed by atoms with Crippen molar-refractivity contribution in [3.8, 4) is 18.2 Å². The van der Waals surface area contributed by atoms with Crippen molar-refractivity contribution in [2.24, 2.45) is 16.7 Å². The molecule has 0 aliphatic carbocycles. The molecule has 2 saturated heterocycles. The van der Waals surface area contributed by atoms with E-state index in [0.717, 1.165) is 6.07 Å². The molecule has 2 aromatic carbocycles. The molecule has 2 aliphatic rings. The highest BCUT2D eigenvalue weighted by Crippen LogP contribution is 2.69. The SMILES string of the molecule is CC1C2(c3ccc(Cl)cc3)OC(=N)C1(C#N)C(C#N)(C#N)C(c1ccc(Cl)c([N+](=O)[O-])c1)O2. The largest absolute Gasteiger partial charge is 0.443 e. The van der Waals surface area contributed by atoms with Gasteiger partial charge in [0.25, 0.3) is 5.69 Å². The summed E-state index contributed by atoms with van der Waals surface area (Å²) in [7, 11) is 0. The number of nitrogens with one attached hydrogen (secondary N) is 1. The molecule has 0 amide bonds. The van der Waals surface area contributed by atoms with E-state index in [2.05, 4.69) is 0 Å². The van der Waals surface area contributed by atoms with Crippen molar-refractivity contribution in [3.05, 3.63) is 73.8 Å². The van der Waals surface area contributed by atoms with Crippen LogP contribution in [0, 0.1) is 66.3 Å². The van der Waals surface area contributed by atoms with Crippen LogP contribution in [0.25, 0.3) is 0 Å². The minimum absolute atomic E-state index is 0.0670. The van der Waals surface area contributed by atoms with Crippen molar-refractivity contribution >= 4 is 34.8 Å². The van der Waals surface area contributed by atoms with Crippen molar-refractivity contribution < 1.29 is 14.4 Å². The Morgan fingerprint density at radius 3 is 2.27 bits per heavy atom. The fourth-order valence-corrected chi connectivity index (χ4v) is 5.00. The topological polar surface area (TPSA) is 157 Å². The first-order chi connectivity index (χ1) is 15.6. The summed E-state index contributed by atoms with van der Waals surface area (Å²) in [6.07, 6.45) is -1.49. The Hall–Kier alpha value is -3.68. The third kappa shape index (κ3) is 2.70. The van der Waals surface area contributed by atoms with Crippen LogP contribution in [0.5, 0.6) is 0 Å². The summed E-state index contributed by atoms with van der Waals surface area (Å²) in [5.41, 5.74) is -4.28. The molecule has 4 rings (SSSR count). The second kappa shape index (κ2) is 7.43. The van der Waals surface area contributed by atoms with E-state index >= 15 is 0 Å². The van der Waals surface area contributed by atoms with Gasteiger partial charge in [0.2, 0.25) is 17.1 Å². The number of nitriles is 3. The predicted octanol–water partition coefficient (Wildman–Crippen LogP) is 5.01. The van der Waals surface area contributed by atoms with E-state index < -0.39 is 45.1 Å². The van der Waals surface area contributed by atoms with E-state index in [1.807, 2.05) is 18.2 Å². The van der Waals surface area contributed by atoms with Crippen LogP contribution in [0.2, 0.25) is 10.0 Å². The van der Waals surface area contributed by atoms with E-state index in [1.54, 1.807) is 31.2 Å². The van der Waals surface area contributed by atoms with Crippen LogP contribution in [0.3, 0.4) is 0 Å². The Balaban J connectivity index is 2.04. The number of ether oxygens (including phenoxy) is 2. The second-order valence-electron chi connectivity index (χ2n) is 7.74. The highest BCUT2D eigenvalue weighted by atomic mass is 35.5. The molecule has 2 aromatic rings. The van der Waals surface area contributed by atoms with E-state index in [4.69, 9.17) is 38.1 Å². The van der Waals surface area contributed by atoms with Gasteiger partial charge >= 0.3 is 0 Å². The lowest BCUT2D eigenvalue weighted by Crippen LogP contribution is -2.57. The maximum atomic E-state index is 11.5.